The summed E-state index contributed by atoms with van der Waals surface area (Å²) in [7, 11) is -4.12. The molecule has 2 N–H and O–H groups in total. The Bertz CT molecular complexity index is 1390. The van der Waals surface area contributed by atoms with E-state index in [1.807, 2.05) is 0 Å². The molecule has 0 aliphatic carbocycles. The van der Waals surface area contributed by atoms with E-state index in [9.17, 15) is 17.6 Å². The first-order chi connectivity index (χ1) is 15.8. The predicted molar refractivity (Wildman–Crippen MR) is 121 cm³/mol. The number of amides is 1. The number of anilines is 1. The molecular weight excluding hydrogens is 469 g/mol. The molecule has 0 unspecified atom stereocenters. The van der Waals surface area contributed by atoms with Gasteiger partial charge < -0.3 is 5.32 Å². The number of benzene rings is 2. The van der Waals surface area contributed by atoms with Crippen LogP contribution < -0.4 is 10.0 Å². The Kier molecular flexibility index (Phi) is 6.38. The third-order valence-corrected chi connectivity index (χ3v) is 6.47. The monoisotopic (exact) mass is 485 g/mol. The topological polar surface area (TPSA) is 106 Å². The molecule has 8 nitrogen and oxygen atoms in total. The van der Waals surface area contributed by atoms with Gasteiger partial charge in [-0.05, 0) is 54.6 Å². The van der Waals surface area contributed by atoms with Crippen molar-refractivity contribution in [2.24, 2.45) is 0 Å². The quantitative estimate of drug-likeness (QED) is 0.414. The Balaban J connectivity index is 1.53. The molecule has 33 heavy (non-hydrogen) atoms. The number of aromatic nitrogens is 3. The fourth-order valence-corrected chi connectivity index (χ4v) is 4.61. The fourth-order valence-electron chi connectivity index (χ4n) is 3.02. The van der Waals surface area contributed by atoms with Crippen molar-refractivity contribution in [1.29, 1.82) is 0 Å². The molecule has 0 bridgehead atoms. The number of carbonyl (C=O) groups is 1. The zero-order valence-electron chi connectivity index (χ0n) is 16.9. The SMILES string of the molecule is O=C(NCc1cccnc1-n1cccn1)c1ccc(Cl)c(S(=O)(=O)Nc2ccc(F)cc2)c1. The molecule has 2 aromatic carbocycles. The number of sulfonamides is 1. The molecule has 0 spiro atoms. The molecule has 0 saturated carbocycles. The van der Waals surface area contributed by atoms with E-state index in [1.165, 1.54) is 30.3 Å². The lowest BCUT2D eigenvalue weighted by Gasteiger charge is -2.12. The van der Waals surface area contributed by atoms with Crippen LogP contribution in [0.3, 0.4) is 0 Å². The van der Waals surface area contributed by atoms with Crippen molar-refractivity contribution in [2.45, 2.75) is 11.4 Å². The second-order valence-electron chi connectivity index (χ2n) is 6.88. The minimum atomic E-state index is -4.12. The number of hydrogen-bond donors (Lipinski definition) is 2. The maximum atomic E-state index is 13.1. The summed E-state index contributed by atoms with van der Waals surface area (Å²) in [6, 6.07) is 14.0. The van der Waals surface area contributed by atoms with Crippen LogP contribution in [-0.2, 0) is 16.6 Å². The smallest absolute Gasteiger partial charge is 0.263 e. The summed E-state index contributed by atoms with van der Waals surface area (Å²) in [5.41, 5.74) is 0.975. The molecule has 0 aliphatic rings. The van der Waals surface area contributed by atoms with Gasteiger partial charge in [0.05, 0.1) is 5.02 Å². The largest absolute Gasteiger partial charge is 0.348 e. The Morgan fingerprint density at radius 1 is 1.06 bits per heavy atom. The van der Waals surface area contributed by atoms with Crippen LogP contribution in [0.15, 0.2) is 84.1 Å². The number of hydrogen-bond acceptors (Lipinski definition) is 5. The Labute approximate surface area is 194 Å². The van der Waals surface area contributed by atoms with Gasteiger partial charge in [-0.3, -0.25) is 9.52 Å². The van der Waals surface area contributed by atoms with E-state index in [0.29, 0.717) is 11.4 Å². The first-order valence-electron chi connectivity index (χ1n) is 9.63. The molecule has 168 valence electrons. The minimum absolute atomic E-state index is 0.0608. The van der Waals surface area contributed by atoms with Gasteiger partial charge in [0.1, 0.15) is 10.7 Å². The van der Waals surface area contributed by atoms with Crippen LogP contribution in [0.4, 0.5) is 10.1 Å². The third kappa shape index (κ3) is 5.18. The highest BCUT2D eigenvalue weighted by atomic mass is 35.5. The number of pyridine rings is 1. The average molecular weight is 486 g/mol. The minimum Gasteiger partial charge on any atom is -0.348 e. The van der Waals surface area contributed by atoms with Gasteiger partial charge >= 0.3 is 0 Å². The molecule has 0 aliphatic heterocycles. The summed E-state index contributed by atoms with van der Waals surface area (Å²) in [6.45, 7) is 0.139. The summed E-state index contributed by atoms with van der Waals surface area (Å²) in [4.78, 5) is 16.8. The molecule has 0 atom stereocenters. The van der Waals surface area contributed by atoms with E-state index in [0.717, 1.165) is 12.1 Å². The molecule has 4 aromatic rings. The molecule has 0 saturated heterocycles. The zero-order valence-corrected chi connectivity index (χ0v) is 18.5. The predicted octanol–water partition coefficient (Wildman–Crippen LogP) is 3.79. The lowest BCUT2D eigenvalue weighted by Crippen LogP contribution is -2.24. The van der Waals surface area contributed by atoms with Gasteiger partial charge in [-0.15, -0.1) is 0 Å². The lowest BCUT2D eigenvalue weighted by molar-refractivity contribution is 0.0950. The molecular formula is C22H17ClFN5O3S. The number of nitrogens with zero attached hydrogens (tertiary/aromatic N) is 3. The lowest BCUT2D eigenvalue weighted by atomic mass is 10.2. The number of carbonyl (C=O) groups excluding carboxylic acids is 1. The summed E-state index contributed by atoms with van der Waals surface area (Å²) in [5, 5.41) is 6.84. The number of rotatable bonds is 7. The van der Waals surface area contributed by atoms with Gasteiger partial charge in [-0.25, -0.2) is 22.5 Å². The Morgan fingerprint density at radius 3 is 2.58 bits per heavy atom. The summed E-state index contributed by atoms with van der Waals surface area (Å²) >= 11 is 6.10. The van der Waals surface area contributed by atoms with E-state index in [-0.39, 0.29) is 27.7 Å². The van der Waals surface area contributed by atoms with Crippen LogP contribution in [0.1, 0.15) is 15.9 Å². The number of halogens is 2. The third-order valence-electron chi connectivity index (χ3n) is 4.61. The van der Waals surface area contributed by atoms with E-state index >= 15 is 0 Å². The van der Waals surface area contributed by atoms with Gasteiger partial charge in [0.15, 0.2) is 5.82 Å². The second-order valence-corrected chi connectivity index (χ2v) is 8.94. The van der Waals surface area contributed by atoms with E-state index in [1.54, 1.807) is 41.5 Å². The van der Waals surface area contributed by atoms with E-state index < -0.39 is 21.7 Å². The molecule has 4 rings (SSSR count). The highest BCUT2D eigenvalue weighted by molar-refractivity contribution is 7.92. The maximum absolute atomic E-state index is 13.1. The van der Waals surface area contributed by atoms with E-state index in [4.69, 9.17) is 11.6 Å². The first kappa shape index (κ1) is 22.4. The van der Waals surface area contributed by atoms with Crippen LogP contribution in [0.2, 0.25) is 5.02 Å². The van der Waals surface area contributed by atoms with Crippen LogP contribution in [-0.4, -0.2) is 29.1 Å². The van der Waals surface area contributed by atoms with Crippen molar-refractivity contribution in [2.75, 3.05) is 4.72 Å². The molecule has 0 radical (unpaired) electrons. The van der Waals surface area contributed by atoms with Crippen molar-refractivity contribution in [1.82, 2.24) is 20.1 Å². The zero-order chi connectivity index (χ0) is 23.4. The van der Waals surface area contributed by atoms with Crippen molar-refractivity contribution in [3.8, 4) is 5.82 Å². The number of nitrogens with one attached hydrogen (secondary N) is 2. The summed E-state index contributed by atoms with van der Waals surface area (Å²) in [5.74, 6) is -0.440. The molecule has 2 aromatic heterocycles. The van der Waals surface area contributed by atoms with Crippen molar-refractivity contribution in [3.05, 3.63) is 101 Å². The fraction of sp³-hybridized carbons (Fsp3) is 0.0455. The molecule has 11 heteroatoms. The summed E-state index contributed by atoms with van der Waals surface area (Å²) in [6.07, 6.45) is 4.97. The van der Waals surface area contributed by atoms with Gasteiger partial charge in [0, 0.05) is 41.9 Å². The Morgan fingerprint density at radius 2 is 1.85 bits per heavy atom. The average Bonchev–Trinajstić information content (AvgIpc) is 3.34. The first-order valence-corrected chi connectivity index (χ1v) is 11.5. The van der Waals surface area contributed by atoms with Gasteiger partial charge in [0.25, 0.3) is 15.9 Å². The standard InChI is InChI=1S/C22H17ClFN5O3S/c23-19-9-4-15(13-20(19)33(31,32)28-18-7-5-17(24)6-8-18)22(30)26-14-16-3-1-10-25-21(16)29-12-2-11-27-29/h1-13,28H,14H2,(H,26,30). The second kappa shape index (κ2) is 9.39. The van der Waals surface area contributed by atoms with Crippen LogP contribution in [0.5, 0.6) is 0 Å². The summed E-state index contributed by atoms with van der Waals surface area (Å²) < 4.78 is 42.6. The maximum Gasteiger partial charge on any atom is 0.263 e. The van der Waals surface area contributed by atoms with Crippen molar-refractivity contribution >= 4 is 33.2 Å². The highest BCUT2D eigenvalue weighted by Gasteiger charge is 2.21. The van der Waals surface area contributed by atoms with Crippen LogP contribution >= 0.6 is 11.6 Å². The van der Waals surface area contributed by atoms with Crippen molar-refractivity contribution in [3.63, 3.8) is 0 Å². The van der Waals surface area contributed by atoms with Gasteiger partial charge in [-0.2, -0.15) is 5.10 Å². The van der Waals surface area contributed by atoms with Crippen molar-refractivity contribution < 1.29 is 17.6 Å². The molecule has 1 amide bonds. The van der Waals surface area contributed by atoms with Gasteiger partial charge in [-0.1, -0.05) is 17.7 Å². The van der Waals surface area contributed by atoms with E-state index in [2.05, 4.69) is 20.1 Å². The van der Waals surface area contributed by atoms with Crippen LogP contribution in [0, 0.1) is 5.82 Å². The normalized spacial score (nSPS) is 11.2. The molecule has 2 heterocycles. The van der Waals surface area contributed by atoms with Gasteiger partial charge in [0.2, 0.25) is 0 Å². The molecule has 0 fully saturated rings. The Hall–Kier alpha value is -3.76. The highest BCUT2D eigenvalue weighted by Crippen LogP contribution is 2.25. The van der Waals surface area contributed by atoms with Crippen LogP contribution in [0.25, 0.3) is 5.82 Å².